The van der Waals surface area contributed by atoms with Crippen LogP contribution < -0.4 is 4.74 Å². The average molecular weight is 380 g/mol. The minimum absolute atomic E-state index is 0.102. The molecule has 1 aliphatic heterocycles. The number of hydrogen-bond donors (Lipinski definition) is 1. The van der Waals surface area contributed by atoms with Gasteiger partial charge in [0.15, 0.2) is 5.92 Å². The fraction of sp³-hybridized carbons (Fsp3) is 0.200. The minimum Gasteiger partial charge on any atom is -0.465 e. The molecule has 0 amide bonds. The highest BCUT2D eigenvalue weighted by Crippen LogP contribution is 2.45. The molecule has 1 aliphatic rings. The van der Waals surface area contributed by atoms with Crippen molar-refractivity contribution in [1.29, 1.82) is 0 Å². The number of esters is 2. The van der Waals surface area contributed by atoms with Gasteiger partial charge in [-0.1, -0.05) is 18.2 Å². The number of carbonyl (C=O) groups is 2. The number of nitro groups is 1. The molecular formula is C20H16N2O6. The van der Waals surface area contributed by atoms with Crippen molar-refractivity contribution in [2.45, 2.75) is 12.8 Å². The Labute approximate surface area is 159 Å². The fourth-order valence-electron chi connectivity index (χ4n) is 3.64. The lowest BCUT2D eigenvalue weighted by Gasteiger charge is -2.30. The van der Waals surface area contributed by atoms with Gasteiger partial charge in [-0.3, -0.25) is 19.7 Å². The molecular weight excluding hydrogens is 364 g/mol. The Kier molecular flexibility index (Phi) is 4.31. The molecule has 0 saturated heterocycles. The summed E-state index contributed by atoms with van der Waals surface area (Å²) < 4.78 is 10.4. The van der Waals surface area contributed by atoms with E-state index < -0.39 is 28.7 Å². The monoisotopic (exact) mass is 380 g/mol. The SMILES string of the molecule is CCOC(=O)[C@H]1C(=O)Oc2ccc([N+](=O)[O-])cc2[C@@H]1c1c[nH]c2ccccc12. The van der Waals surface area contributed by atoms with Crippen molar-refractivity contribution in [1.82, 2.24) is 4.98 Å². The second kappa shape index (κ2) is 6.80. The Morgan fingerprint density at radius 3 is 2.79 bits per heavy atom. The molecule has 2 aromatic carbocycles. The number of non-ortho nitro benzene ring substituents is 1. The number of fused-ring (bicyclic) bond motifs is 2. The number of rotatable bonds is 4. The van der Waals surface area contributed by atoms with Crippen LogP contribution in [0.1, 0.15) is 24.0 Å². The highest BCUT2D eigenvalue weighted by molar-refractivity contribution is 6.00. The van der Waals surface area contributed by atoms with Crippen LogP contribution >= 0.6 is 0 Å². The molecule has 0 bridgehead atoms. The summed E-state index contributed by atoms with van der Waals surface area (Å²) in [5, 5.41) is 12.1. The van der Waals surface area contributed by atoms with E-state index in [9.17, 15) is 19.7 Å². The van der Waals surface area contributed by atoms with Gasteiger partial charge in [0.25, 0.3) is 5.69 Å². The number of aromatic nitrogens is 1. The second-order valence-electron chi connectivity index (χ2n) is 6.40. The van der Waals surface area contributed by atoms with Crippen LogP contribution in [0, 0.1) is 16.0 Å². The van der Waals surface area contributed by atoms with Crippen molar-refractivity contribution in [2.24, 2.45) is 5.92 Å². The third kappa shape index (κ3) is 2.79. The first-order valence-electron chi connectivity index (χ1n) is 8.74. The molecule has 0 spiro atoms. The van der Waals surface area contributed by atoms with Crippen molar-refractivity contribution >= 4 is 28.5 Å². The summed E-state index contributed by atoms with van der Waals surface area (Å²) in [6.45, 7) is 1.75. The zero-order valence-corrected chi connectivity index (χ0v) is 14.9. The highest BCUT2D eigenvalue weighted by Gasteiger charge is 2.46. The third-order valence-electron chi connectivity index (χ3n) is 4.83. The lowest BCUT2D eigenvalue weighted by molar-refractivity contribution is -0.385. The van der Waals surface area contributed by atoms with Crippen LogP contribution in [0.3, 0.4) is 0 Å². The van der Waals surface area contributed by atoms with Crippen molar-refractivity contribution in [2.75, 3.05) is 6.61 Å². The molecule has 0 aliphatic carbocycles. The molecule has 1 aromatic heterocycles. The van der Waals surface area contributed by atoms with Gasteiger partial charge in [0, 0.05) is 40.7 Å². The summed E-state index contributed by atoms with van der Waals surface area (Å²) in [4.78, 5) is 39.1. The Hall–Kier alpha value is -3.68. The van der Waals surface area contributed by atoms with Gasteiger partial charge in [0.1, 0.15) is 5.75 Å². The number of nitrogens with zero attached hydrogens (tertiary/aromatic N) is 1. The quantitative estimate of drug-likeness (QED) is 0.244. The van der Waals surface area contributed by atoms with Gasteiger partial charge in [-0.25, -0.2) is 0 Å². The van der Waals surface area contributed by atoms with Crippen LogP contribution in [-0.4, -0.2) is 28.5 Å². The summed E-state index contributed by atoms with van der Waals surface area (Å²) in [6, 6.07) is 11.4. The molecule has 3 aromatic rings. The number of ether oxygens (including phenoxy) is 2. The number of hydrogen-bond acceptors (Lipinski definition) is 6. The number of carbonyl (C=O) groups excluding carboxylic acids is 2. The van der Waals surface area contributed by atoms with Crippen LogP contribution in [0.4, 0.5) is 5.69 Å². The number of nitrogens with one attached hydrogen (secondary N) is 1. The molecule has 0 saturated carbocycles. The van der Waals surface area contributed by atoms with Crippen molar-refractivity contribution in [3.8, 4) is 5.75 Å². The topological polar surface area (TPSA) is 112 Å². The van der Waals surface area contributed by atoms with Gasteiger partial charge in [-0.05, 0) is 24.6 Å². The first kappa shape index (κ1) is 17.7. The zero-order chi connectivity index (χ0) is 19.8. The van der Waals surface area contributed by atoms with Gasteiger partial charge in [-0.2, -0.15) is 0 Å². The zero-order valence-electron chi connectivity index (χ0n) is 14.9. The van der Waals surface area contributed by atoms with Crippen molar-refractivity contribution in [3.63, 3.8) is 0 Å². The first-order chi connectivity index (χ1) is 13.5. The van der Waals surface area contributed by atoms with E-state index in [4.69, 9.17) is 9.47 Å². The molecule has 8 nitrogen and oxygen atoms in total. The summed E-state index contributed by atoms with van der Waals surface area (Å²) >= 11 is 0. The van der Waals surface area contributed by atoms with Crippen LogP contribution in [0.15, 0.2) is 48.7 Å². The highest BCUT2D eigenvalue weighted by atomic mass is 16.6. The fourth-order valence-corrected chi connectivity index (χ4v) is 3.64. The summed E-state index contributed by atoms with van der Waals surface area (Å²) in [7, 11) is 0. The van der Waals surface area contributed by atoms with Crippen LogP contribution in [-0.2, 0) is 14.3 Å². The van der Waals surface area contributed by atoms with Crippen LogP contribution in [0.25, 0.3) is 10.9 Å². The van der Waals surface area contributed by atoms with Gasteiger partial charge in [0.05, 0.1) is 11.5 Å². The molecule has 8 heteroatoms. The van der Waals surface area contributed by atoms with Crippen LogP contribution in [0.2, 0.25) is 0 Å². The van der Waals surface area contributed by atoms with Crippen molar-refractivity contribution < 1.29 is 24.0 Å². The van der Waals surface area contributed by atoms with Gasteiger partial charge in [0.2, 0.25) is 0 Å². The van der Waals surface area contributed by atoms with Gasteiger partial charge < -0.3 is 14.5 Å². The van der Waals surface area contributed by atoms with Crippen molar-refractivity contribution in [3.05, 3.63) is 69.9 Å². The lowest BCUT2D eigenvalue weighted by Crippen LogP contribution is -2.38. The maximum atomic E-state index is 12.7. The Morgan fingerprint density at radius 2 is 2.04 bits per heavy atom. The molecule has 0 radical (unpaired) electrons. The van der Waals surface area contributed by atoms with E-state index in [1.807, 2.05) is 24.3 Å². The number of benzene rings is 2. The standard InChI is InChI=1S/C20H16N2O6/c1-2-27-19(23)18-17(14-10-21-15-6-4-3-5-12(14)15)13-9-11(22(25)26)7-8-16(13)28-20(18)24/h3-10,17-18,21H,2H2,1H3/t17-,18+/m1/s1. The van der Waals surface area contributed by atoms with Gasteiger partial charge in [-0.15, -0.1) is 0 Å². The molecule has 1 N–H and O–H groups in total. The number of H-pyrrole nitrogens is 1. The van der Waals surface area contributed by atoms with E-state index in [0.717, 1.165) is 10.9 Å². The summed E-state index contributed by atoms with van der Waals surface area (Å²) in [6.07, 6.45) is 1.71. The maximum Gasteiger partial charge on any atom is 0.326 e. The molecule has 28 heavy (non-hydrogen) atoms. The molecule has 142 valence electrons. The molecule has 2 heterocycles. The van der Waals surface area contributed by atoms with E-state index in [1.54, 1.807) is 13.1 Å². The number of aromatic amines is 1. The molecule has 0 fully saturated rings. The smallest absolute Gasteiger partial charge is 0.326 e. The second-order valence-corrected chi connectivity index (χ2v) is 6.40. The Morgan fingerprint density at radius 1 is 1.25 bits per heavy atom. The largest absolute Gasteiger partial charge is 0.465 e. The van der Waals surface area contributed by atoms with E-state index in [1.165, 1.54) is 18.2 Å². The Balaban J connectivity index is 1.96. The molecule has 4 rings (SSSR count). The summed E-state index contributed by atoms with van der Waals surface area (Å²) in [5.74, 6) is -3.29. The lowest BCUT2D eigenvalue weighted by atomic mass is 9.78. The predicted molar refractivity (Wildman–Crippen MR) is 99.0 cm³/mol. The minimum atomic E-state index is -1.26. The normalized spacial score (nSPS) is 18.4. The maximum absolute atomic E-state index is 12.7. The molecule has 2 atom stereocenters. The third-order valence-corrected chi connectivity index (χ3v) is 4.83. The number of para-hydroxylation sites is 1. The van der Waals surface area contributed by atoms with E-state index in [2.05, 4.69) is 4.98 Å². The van der Waals surface area contributed by atoms with E-state index in [-0.39, 0.29) is 18.0 Å². The van der Waals surface area contributed by atoms with E-state index >= 15 is 0 Å². The average Bonchev–Trinajstić information content (AvgIpc) is 3.10. The Bertz CT molecular complexity index is 1100. The predicted octanol–water partition coefficient (Wildman–Crippen LogP) is 3.31. The summed E-state index contributed by atoms with van der Waals surface area (Å²) in [5.41, 5.74) is 1.75. The van der Waals surface area contributed by atoms with Gasteiger partial charge >= 0.3 is 11.9 Å². The molecule has 0 unspecified atom stereocenters. The van der Waals surface area contributed by atoms with Crippen LogP contribution in [0.5, 0.6) is 5.75 Å². The van der Waals surface area contributed by atoms with E-state index in [0.29, 0.717) is 11.1 Å². The number of nitro benzene ring substituents is 1. The first-order valence-corrected chi connectivity index (χ1v) is 8.74.